The summed E-state index contributed by atoms with van der Waals surface area (Å²) in [5, 5.41) is 2.89. The third-order valence-corrected chi connectivity index (χ3v) is 5.24. The molecule has 3 aromatic rings. The van der Waals surface area contributed by atoms with Gasteiger partial charge in [0.05, 0.1) is 0 Å². The third kappa shape index (κ3) is 4.49. The highest BCUT2D eigenvalue weighted by atomic mass is 16.2. The van der Waals surface area contributed by atoms with Crippen molar-refractivity contribution in [3.05, 3.63) is 95.1 Å². The normalized spacial score (nSPS) is 13.3. The number of aromatic nitrogens is 2. The van der Waals surface area contributed by atoms with Gasteiger partial charge in [-0.3, -0.25) is 14.6 Å². The largest absolute Gasteiger partial charge is 0.348 e. The van der Waals surface area contributed by atoms with Crippen molar-refractivity contribution in [3.8, 4) is 0 Å². The molecule has 0 spiro atoms. The zero-order valence-electron chi connectivity index (χ0n) is 16.9. The number of aryl methyl sites for hydroxylation is 1. The Morgan fingerprint density at radius 3 is 2.77 bits per heavy atom. The molecule has 1 N–H and O–H groups in total. The van der Waals surface area contributed by atoms with Crippen LogP contribution in [0.15, 0.2) is 67.0 Å². The molecule has 0 radical (unpaired) electrons. The van der Waals surface area contributed by atoms with Gasteiger partial charge < -0.3 is 14.8 Å². The summed E-state index contributed by atoms with van der Waals surface area (Å²) in [6, 6.07) is 15.4. The minimum atomic E-state index is -0.155. The lowest BCUT2D eigenvalue weighted by Gasteiger charge is -2.28. The molecular formula is C24H24N4O2. The van der Waals surface area contributed by atoms with E-state index in [1.807, 2.05) is 71.2 Å². The minimum Gasteiger partial charge on any atom is -0.348 e. The van der Waals surface area contributed by atoms with E-state index >= 15 is 0 Å². The van der Waals surface area contributed by atoms with Gasteiger partial charge in [0.2, 0.25) is 5.91 Å². The van der Waals surface area contributed by atoms with Gasteiger partial charge in [0, 0.05) is 57.3 Å². The van der Waals surface area contributed by atoms with Gasteiger partial charge in [-0.1, -0.05) is 30.3 Å². The molecule has 0 aliphatic carbocycles. The van der Waals surface area contributed by atoms with Gasteiger partial charge in [-0.2, -0.15) is 0 Å². The number of nitrogens with zero attached hydrogens (tertiary/aromatic N) is 3. The maximum atomic E-state index is 12.8. The molecule has 0 fully saturated rings. The number of hydrogen-bond donors (Lipinski definition) is 1. The molecule has 6 nitrogen and oxygen atoms in total. The number of nitrogens with one attached hydrogen (secondary N) is 1. The van der Waals surface area contributed by atoms with Gasteiger partial charge in [0.1, 0.15) is 5.69 Å². The van der Waals surface area contributed by atoms with Gasteiger partial charge in [0.25, 0.3) is 5.91 Å². The summed E-state index contributed by atoms with van der Waals surface area (Å²) < 4.78 is 1.84. The van der Waals surface area contributed by atoms with Crippen LogP contribution in [-0.2, 0) is 31.4 Å². The first-order valence-electron chi connectivity index (χ1n) is 9.98. The maximum Gasteiger partial charge on any atom is 0.270 e. The predicted octanol–water partition coefficient (Wildman–Crippen LogP) is 2.95. The lowest BCUT2D eigenvalue weighted by Crippen LogP contribution is -2.37. The average molecular weight is 400 g/mol. The van der Waals surface area contributed by atoms with Crippen LogP contribution in [0.2, 0.25) is 0 Å². The quantitative estimate of drug-likeness (QED) is 0.670. The van der Waals surface area contributed by atoms with E-state index in [0.717, 1.165) is 28.8 Å². The molecule has 1 aliphatic rings. The van der Waals surface area contributed by atoms with Crippen LogP contribution in [0.25, 0.3) is 6.08 Å². The smallest absolute Gasteiger partial charge is 0.270 e. The number of amides is 2. The predicted molar refractivity (Wildman–Crippen MR) is 115 cm³/mol. The molecule has 2 amide bonds. The van der Waals surface area contributed by atoms with E-state index in [-0.39, 0.29) is 11.8 Å². The van der Waals surface area contributed by atoms with Crippen LogP contribution in [0.3, 0.4) is 0 Å². The topological polar surface area (TPSA) is 67.2 Å². The van der Waals surface area contributed by atoms with Gasteiger partial charge in [-0.25, -0.2) is 0 Å². The number of carbonyl (C=O) groups is 2. The number of benzene rings is 1. The standard InChI is InChI=1S/C24H24N4O2/c1-27-12-5-8-22(27)24(30)28-13-11-21-20(17-28)14-19(15-25-21)16-26-23(29)10-9-18-6-3-2-4-7-18/h2-10,12,14-15H,11,13,16-17H2,1H3,(H,26,29). The van der Waals surface area contributed by atoms with E-state index in [1.165, 1.54) is 6.08 Å². The Labute approximate surface area is 175 Å². The molecule has 0 bridgehead atoms. The first kappa shape index (κ1) is 19.6. The summed E-state index contributed by atoms with van der Waals surface area (Å²) in [4.78, 5) is 31.3. The second-order valence-corrected chi connectivity index (χ2v) is 7.39. The fourth-order valence-electron chi connectivity index (χ4n) is 3.58. The molecule has 0 saturated heterocycles. The van der Waals surface area contributed by atoms with Crippen LogP contribution < -0.4 is 5.32 Å². The molecule has 1 aliphatic heterocycles. The van der Waals surface area contributed by atoms with Crippen LogP contribution >= 0.6 is 0 Å². The Balaban J connectivity index is 1.38. The van der Waals surface area contributed by atoms with Crippen LogP contribution in [0.5, 0.6) is 0 Å². The van der Waals surface area contributed by atoms with Crippen LogP contribution in [0, 0.1) is 0 Å². The molecule has 30 heavy (non-hydrogen) atoms. The Morgan fingerprint density at radius 2 is 2.00 bits per heavy atom. The van der Waals surface area contributed by atoms with Crippen molar-refractivity contribution in [1.29, 1.82) is 0 Å². The minimum absolute atomic E-state index is 0.0258. The Morgan fingerprint density at radius 1 is 1.17 bits per heavy atom. The van der Waals surface area contributed by atoms with Crippen molar-refractivity contribution < 1.29 is 9.59 Å². The summed E-state index contributed by atoms with van der Waals surface area (Å²) in [6.45, 7) is 1.58. The fourth-order valence-corrected chi connectivity index (χ4v) is 3.58. The average Bonchev–Trinajstić information content (AvgIpc) is 3.21. The lowest BCUT2D eigenvalue weighted by molar-refractivity contribution is -0.116. The van der Waals surface area contributed by atoms with Crippen molar-refractivity contribution in [2.75, 3.05) is 6.54 Å². The Kier molecular flexibility index (Phi) is 5.75. The molecule has 4 rings (SSSR count). The van der Waals surface area contributed by atoms with Gasteiger partial charge in [-0.15, -0.1) is 0 Å². The second kappa shape index (κ2) is 8.78. The molecule has 6 heteroatoms. The van der Waals surface area contributed by atoms with E-state index in [1.54, 1.807) is 12.3 Å². The SMILES string of the molecule is Cn1cccc1C(=O)N1CCc2ncc(CNC(=O)C=Cc3ccccc3)cc2C1. The van der Waals surface area contributed by atoms with Crippen molar-refractivity contribution in [1.82, 2.24) is 19.8 Å². The maximum absolute atomic E-state index is 12.8. The van der Waals surface area contributed by atoms with Crippen molar-refractivity contribution in [3.63, 3.8) is 0 Å². The van der Waals surface area contributed by atoms with E-state index in [0.29, 0.717) is 25.3 Å². The van der Waals surface area contributed by atoms with E-state index in [9.17, 15) is 9.59 Å². The monoisotopic (exact) mass is 400 g/mol. The zero-order valence-corrected chi connectivity index (χ0v) is 16.9. The third-order valence-electron chi connectivity index (χ3n) is 5.24. The molecule has 0 unspecified atom stereocenters. The highest BCUT2D eigenvalue weighted by Gasteiger charge is 2.24. The zero-order chi connectivity index (χ0) is 20.9. The van der Waals surface area contributed by atoms with Gasteiger partial charge in [-0.05, 0) is 41.0 Å². The van der Waals surface area contributed by atoms with Crippen LogP contribution in [0.4, 0.5) is 0 Å². The summed E-state index contributed by atoms with van der Waals surface area (Å²) >= 11 is 0. The Bertz CT molecular complexity index is 1090. The van der Waals surface area contributed by atoms with Crippen molar-refractivity contribution in [2.24, 2.45) is 7.05 Å². The first-order chi connectivity index (χ1) is 14.6. The van der Waals surface area contributed by atoms with Crippen LogP contribution in [-0.4, -0.2) is 32.8 Å². The number of carbonyl (C=O) groups excluding carboxylic acids is 2. The van der Waals surface area contributed by atoms with E-state index in [2.05, 4.69) is 10.3 Å². The lowest BCUT2D eigenvalue weighted by atomic mass is 10.0. The number of fused-ring (bicyclic) bond motifs is 1. The molecule has 3 heterocycles. The Hall–Kier alpha value is -3.67. The first-order valence-corrected chi connectivity index (χ1v) is 9.98. The summed E-state index contributed by atoms with van der Waals surface area (Å²) in [7, 11) is 1.87. The summed E-state index contributed by atoms with van der Waals surface area (Å²) in [5.74, 6) is -0.130. The number of rotatable bonds is 5. The van der Waals surface area contributed by atoms with E-state index in [4.69, 9.17) is 0 Å². The number of hydrogen-bond acceptors (Lipinski definition) is 3. The highest BCUT2D eigenvalue weighted by Crippen LogP contribution is 2.20. The molecule has 0 saturated carbocycles. The summed E-state index contributed by atoms with van der Waals surface area (Å²) in [5.41, 5.74) is 4.63. The van der Waals surface area contributed by atoms with Crippen molar-refractivity contribution in [2.45, 2.75) is 19.5 Å². The van der Waals surface area contributed by atoms with Gasteiger partial charge >= 0.3 is 0 Å². The second-order valence-electron chi connectivity index (χ2n) is 7.39. The summed E-state index contributed by atoms with van der Waals surface area (Å²) in [6.07, 6.45) is 7.72. The molecule has 2 aromatic heterocycles. The van der Waals surface area contributed by atoms with Gasteiger partial charge in [0.15, 0.2) is 0 Å². The molecule has 1 aromatic carbocycles. The van der Waals surface area contributed by atoms with Crippen molar-refractivity contribution >= 4 is 17.9 Å². The van der Waals surface area contributed by atoms with E-state index < -0.39 is 0 Å². The van der Waals surface area contributed by atoms with Crippen LogP contribution in [0.1, 0.15) is 32.9 Å². The number of pyridine rings is 1. The molecule has 0 atom stereocenters. The highest BCUT2D eigenvalue weighted by molar-refractivity contribution is 5.93. The fraction of sp³-hybridized carbons (Fsp3) is 0.208. The molecular weight excluding hydrogens is 376 g/mol. The molecule has 152 valence electrons.